The molecule has 14 heteroatoms. The van der Waals surface area contributed by atoms with Crippen molar-refractivity contribution in [2.24, 2.45) is 35.0 Å². The van der Waals surface area contributed by atoms with E-state index in [0.29, 0.717) is 13.0 Å². The first kappa shape index (κ1) is 29.0. The second-order valence-corrected chi connectivity index (χ2v) is 12.1. The van der Waals surface area contributed by atoms with E-state index >= 15 is 8.78 Å². The third-order valence-electron chi connectivity index (χ3n) is 8.71. The van der Waals surface area contributed by atoms with Gasteiger partial charge in [-0.3, -0.25) is 19.2 Å². The number of nitrogens with one attached hydrogen (secondary N) is 3. The third kappa shape index (κ3) is 5.16. The minimum Gasteiger partial charge on any atom is -0.356 e. The highest BCUT2D eigenvalue weighted by Crippen LogP contribution is 2.64. The van der Waals surface area contributed by atoms with Crippen molar-refractivity contribution >= 4 is 23.6 Å². The molecule has 0 unspecified atom stereocenters. The van der Waals surface area contributed by atoms with Crippen molar-refractivity contribution in [2.45, 2.75) is 76.7 Å². The van der Waals surface area contributed by atoms with Crippen molar-refractivity contribution in [1.29, 1.82) is 5.26 Å². The standard InChI is InChI=1S/C25H32F5N5O4/c1-23(2,3)18(34-22(39)25(28,29)30)21(38)35-10-13-14-4-5-15(24(14,26)27)16(13)17(35)20(37)33-12(9-31)8-11-6-7-32-19(11)36/h11-18H,4-8,10H2,1-3H3,(H,32,36)(H,33,37)(H,34,39)/t11-,12-,13+,14-,15+,16+,17-,18+/m0/s1. The number of halogens is 5. The molecule has 2 saturated heterocycles. The SMILES string of the molecule is CC(C)(C)[C@H](NC(=O)C(F)(F)F)C(=O)N1C[C@H]2[C@@H]([C@H]1C(=O)N[C@H](C#N)C[C@@H]1CCNC1=O)[C@H]1CC[C@@H]2C1(F)F. The summed E-state index contributed by atoms with van der Waals surface area (Å²) in [6.45, 7) is 4.45. The van der Waals surface area contributed by atoms with Crippen LogP contribution < -0.4 is 16.0 Å². The van der Waals surface area contributed by atoms with E-state index in [4.69, 9.17) is 0 Å². The Labute approximate surface area is 222 Å². The summed E-state index contributed by atoms with van der Waals surface area (Å²) in [7, 11) is 0. The molecule has 0 aromatic rings. The molecule has 4 aliphatic rings. The van der Waals surface area contributed by atoms with E-state index < -0.39 is 83.0 Å². The molecular weight excluding hydrogens is 529 g/mol. The highest BCUT2D eigenvalue weighted by Gasteiger charge is 2.71. The molecule has 4 rings (SSSR count). The van der Waals surface area contributed by atoms with Crippen molar-refractivity contribution in [3.05, 3.63) is 0 Å². The topological polar surface area (TPSA) is 131 Å². The maximum absolute atomic E-state index is 15.1. The average molecular weight is 562 g/mol. The van der Waals surface area contributed by atoms with E-state index in [0.717, 1.165) is 4.90 Å². The summed E-state index contributed by atoms with van der Waals surface area (Å²) >= 11 is 0. The van der Waals surface area contributed by atoms with Crippen LogP contribution in [-0.2, 0) is 19.2 Å². The van der Waals surface area contributed by atoms with E-state index in [9.17, 15) is 37.6 Å². The Morgan fingerprint density at radius 3 is 2.31 bits per heavy atom. The summed E-state index contributed by atoms with van der Waals surface area (Å²) in [6.07, 6.45) is -4.51. The van der Waals surface area contributed by atoms with Gasteiger partial charge in [-0.2, -0.15) is 18.4 Å². The van der Waals surface area contributed by atoms with Crippen LogP contribution in [0.5, 0.6) is 0 Å². The highest BCUT2D eigenvalue weighted by atomic mass is 19.4. The Kier molecular flexibility index (Phi) is 7.36. The van der Waals surface area contributed by atoms with Crippen molar-refractivity contribution in [2.75, 3.05) is 13.1 Å². The predicted octanol–water partition coefficient (Wildman–Crippen LogP) is 1.73. The molecule has 3 N–H and O–H groups in total. The fourth-order valence-corrected chi connectivity index (χ4v) is 6.91. The molecule has 2 heterocycles. The van der Waals surface area contributed by atoms with Crippen molar-refractivity contribution in [3.8, 4) is 6.07 Å². The van der Waals surface area contributed by atoms with Crippen LogP contribution in [0.15, 0.2) is 0 Å². The van der Waals surface area contributed by atoms with Gasteiger partial charge in [-0.25, -0.2) is 8.78 Å². The van der Waals surface area contributed by atoms with Gasteiger partial charge in [0.25, 0.3) is 5.92 Å². The summed E-state index contributed by atoms with van der Waals surface area (Å²) < 4.78 is 69.3. The fourth-order valence-electron chi connectivity index (χ4n) is 6.91. The van der Waals surface area contributed by atoms with Crippen LogP contribution >= 0.6 is 0 Å². The minimum atomic E-state index is -5.27. The van der Waals surface area contributed by atoms with Gasteiger partial charge in [-0.1, -0.05) is 20.8 Å². The Morgan fingerprint density at radius 2 is 1.77 bits per heavy atom. The van der Waals surface area contributed by atoms with Gasteiger partial charge in [0.15, 0.2) is 0 Å². The van der Waals surface area contributed by atoms with E-state index in [1.54, 1.807) is 5.32 Å². The van der Waals surface area contributed by atoms with E-state index in [1.165, 1.54) is 20.8 Å². The largest absolute Gasteiger partial charge is 0.471 e. The number of hydrogen-bond acceptors (Lipinski definition) is 5. The summed E-state index contributed by atoms with van der Waals surface area (Å²) in [5.41, 5.74) is -1.22. The van der Waals surface area contributed by atoms with Gasteiger partial charge in [-0.05, 0) is 37.0 Å². The second kappa shape index (κ2) is 9.89. The number of likely N-dealkylation sites (tertiary alicyclic amines) is 1. The average Bonchev–Trinajstić information content (AvgIpc) is 3.54. The third-order valence-corrected chi connectivity index (χ3v) is 8.71. The molecule has 39 heavy (non-hydrogen) atoms. The Balaban J connectivity index is 1.63. The molecule has 0 spiro atoms. The lowest BCUT2D eigenvalue weighted by Crippen LogP contribution is -2.61. The van der Waals surface area contributed by atoms with Crippen molar-refractivity contribution in [3.63, 3.8) is 0 Å². The smallest absolute Gasteiger partial charge is 0.356 e. The molecule has 4 amide bonds. The number of rotatable bonds is 6. The Morgan fingerprint density at radius 1 is 1.13 bits per heavy atom. The zero-order valence-electron chi connectivity index (χ0n) is 21.8. The van der Waals surface area contributed by atoms with Crippen LogP contribution in [0.2, 0.25) is 0 Å². The number of alkyl halides is 5. The molecule has 0 radical (unpaired) electrons. The first-order chi connectivity index (χ1) is 18.0. The van der Waals surface area contributed by atoms with E-state index in [2.05, 4.69) is 10.6 Å². The molecule has 2 aliphatic carbocycles. The van der Waals surface area contributed by atoms with Crippen LogP contribution in [0.25, 0.3) is 0 Å². The van der Waals surface area contributed by atoms with Gasteiger partial charge in [0.05, 0.1) is 6.07 Å². The van der Waals surface area contributed by atoms with Crippen LogP contribution in [0.4, 0.5) is 22.0 Å². The molecule has 0 aromatic carbocycles. The zero-order valence-corrected chi connectivity index (χ0v) is 21.8. The molecule has 8 atom stereocenters. The molecule has 2 aliphatic heterocycles. The number of carbonyl (C=O) groups is 4. The van der Waals surface area contributed by atoms with Gasteiger partial charge in [0.1, 0.15) is 18.1 Å². The first-order valence-electron chi connectivity index (χ1n) is 13.0. The molecule has 4 fully saturated rings. The van der Waals surface area contributed by atoms with Crippen molar-refractivity contribution < 1.29 is 41.1 Å². The van der Waals surface area contributed by atoms with Gasteiger partial charge >= 0.3 is 12.1 Å². The maximum Gasteiger partial charge on any atom is 0.471 e. The number of carbonyl (C=O) groups excluding carboxylic acids is 4. The molecule has 216 valence electrons. The maximum atomic E-state index is 15.1. The first-order valence-corrected chi connectivity index (χ1v) is 13.0. The number of hydrogen-bond donors (Lipinski definition) is 3. The van der Waals surface area contributed by atoms with E-state index in [1.807, 2.05) is 6.07 Å². The Hall–Kier alpha value is -2.98. The van der Waals surface area contributed by atoms with Crippen LogP contribution in [-0.4, -0.2) is 71.8 Å². The van der Waals surface area contributed by atoms with Crippen LogP contribution in [0.1, 0.15) is 46.5 Å². The molecule has 2 bridgehead atoms. The second-order valence-electron chi connectivity index (χ2n) is 12.1. The molecule has 0 aromatic heterocycles. The number of nitrogens with zero attached hydrogens (tertiary/aromatic N) is 2. The molecule has 9 nitrogen and oxygen atoms in total. The number of fused-ring (bicyclic) bond motifs is 5. The molecular formula is C25H32F5N5O4. The lowest BCUT2D eigenvalue weighted by atomic mass is 9.78. The van der Waals surface area contributed by atoms with Crippen LogP contribution in [0.3, 0.4) is 0 Å². The zero-order chi connectivity index (χ0) is 29.1. The highest BCUT2D eigenvalue weighted by molar-refractivity contribution is 5.94. The monoisotopic (exact) mass is 561 g/mol. The quantitative estimate of drug-likeness (QED) is 0.425. The van der Waals surface area contributed by atoms with Gasteiger partial charge in [0, 0.05) is 36.8 Å². The summed E-state index contributed by atoms with van der Waals surface area (Å²) in [5, 5.41) is 16.5. The molecule has 2 saturated carbocycles. The number of amides is 4. The lowest BCUT2D eigenvalue weighted by molar-refractivity contribution is -0.176. The summed E-state index contributed by atoms with van der Waals surface area (Å²) in [6, 6.07) is -2.42. The van der Waals surface area contributed by atoms with Gasteiger partial charge in [0.2, 0.25) is 17.7 Å². The minimum absolute atomic E-state index is 0.0166. The predicted molar refractivity (Wildman–Crippen MR) is 124 cm³/mol. The van der Waals surface area contributed by atoms with Gasteiger partial charge in [-0.15, -0.1) is 0 Å². The summed E-state index contributed by atoms with van der Waals surface area (Å²) in [5.74, 6) is -12.1. The lowest BCUT2D eigenvalue weighted by Gasteiger charge is -2.37. The normalized spacial score (nSPS) is 32.7. The Bertz CT molecular complexity index is 1080. The van der Waals surface area contributed by atoms with Crippen molar-refractivity contribution in [1.82, 2.24) is 20.9 Å². The van der Waals surface area contributed by atoms with Crippen LogP contribution in [0, 0.1) is 46.3 Å². The fraction of sp³-hybridized carbons (Fsp3) is 0.800. The van der Waals surface area contributed by atoms with E-state index in [-0.39, 0.29) is 31.7 Å². The number of nitriles is 1. The van der Waals surface area contributed by atoms with Gasteiger partial charge < -0.3 is 20.9 Å². The summed E-state index contributed by atoms with van der Waals surface area (Å²) in [4.78, 5) is 52.1.